The van der Waals surface area contributed by atoms with Crippen molar-refractivity contribution in [2.75, 3.05) is 39.4 Å². The number of rotatable bonds is 5. The quantitative estimate of drug-likeness (QED) is 0.762. The molecular formula is C17H28N2O4. The van der Waals surface area contributed by atoms with E-state index in [2.05, 4.69) is 0 Å². The molecule has 0 N–H and O–H groups in total. The molecule has 3 heterocycles. The van der Waals surface area contributed by atoms with Crippen LogP contribution in [0.3, 0.4) is 0 Å². The summed E-state index contributed by atoms with van der Waals surface area (Å²) < 4.78 is 11.8. The molecule has 0 aromatic carbocycles. The van der Waals surface area contributed by atoms with Crippen LogP contribution in [0.5, 0.6) is 0 Å². The van der Waals surface area contributed by atoms with Gasteiger partial charge in [0.05, 0.1) is 19.2 Å². The van der Waals surface area contributed by atoms with E-state index in [-0.39, 0.29) is 30.1 Å². The van der Waals surface area contributed by atoms with E-state index in [1.807, 2.05) is 16.7 Å². The molecule has 2 amide bonds. The van der Waals surface area contributed by atoms with Crippen molar-refractivity contribution in [2.45, 2.75) is 57.2 Å². The maximum atomic E-state index is 12.1. The standard InChI is InChI=1S/C17H28N2O4/c1-2-5-15(20)19-12-17(13-19)10-14(6-9-23-17)22-11-16(21)18-7-3-4-8-18/h14H,2-13H2,1H3. The van der Waals surface area contributed by atoms with Crippen LogP contribution in [0.2, 0.25) is 0 Å². The van der Waals surface area contributed by atoms with Crippen molar-refractivity contribution in [3.05, 3.63) is 0 Å². The Morgan fingerprint density at radius 2 is 1.91 bits per heavy atom. The molecule has 0 aliphatic carbocycles. The largest absolute Gasteiger partial charge is 0.371 e. The van der Waals surface area contributed by atoms with Gasteiger partial charge in [0.1, 0.15) is 12.2 Å². The lowest BCUT2D eigenvalue weighted by Crippen LogP contribution is -2.67. The van der Waals surface area contributed by atoms with E-state index >= 15 is 0 Å². The Bertz CT molecular complexity index is 442. The van der Waals surface area contributed by atoms with Gasteiger partial charge in [0.2, 0.25) is 11.8 Å². The molecule has 3 aliphatic rings. The van der Waals surface area contributed by atoms with Crippen LogP contribution in [0.25, 0.3) is 0 Å². The van der Waals surface area contributed by atoms with Crippen molar-refractivity contribution in [1.82, 2.24) is 9.80 Å². The van der Waals surface area contributed by atoms with Gasteiger partial charge in [-0.15, -0.1) is 0 Å². The fourth-order valence-corrected chi connectivity index (χ4v) is 3.79. The molecule has 3 aliphatic heterocycles. The monoisotopic (exact) mass is 324 g/mol. The van der Waals surface area contributed by atoms with Crippen molar-refractivity contribution in [1.29, 1.82) is 0 Å². The first-order chi connectivity index (χ1) is 11.1. The van der Waals surface area contributed by atoms with Gasteiger partial charge in [-0.05, 0) is 25.7 Å². The van der Waals surface area contributed by atoms with Gasteiger partial charge in [-0.3, -0.25) is 9.59 Å². The second-order valence-electron chi connectivity index (χ2n) is 7.04. The van der Waals surface area contributed by atoms with Crippen LogP contribution in [-0.2, 0) is 19.1 Å². The van der Waals surface area contributed by atoms with E-state index in [0.29, 0.717) is 26.1 Å². The SMILES string of the molecule is CCCC(=O)N1CC2(CC(OCC(=O)N3CCCC3)CCO2)C1. The number of hydrogen-bond acceptors (Lipinski definition) is 4. The lowest BCUT2D eigenvalue weighted by atomic mass is 9.84. The minimum absolute atomic E-state index is 0.0683. The fourth-order valence-electron chi connectivity index (χ4n) is 3.79. The molecule has 6 nitrogen and oxygen atoms in total. The van der Waals surface area contributed by atoms with Crippen molar-refractivity contribution in [3.8, 4) is 0 Å². The van der Waals surface area contributed by atoms with Crippen LogP contribution < -0.4 is 0 Å². The average molecular weight is 324 g/mol. The zero-order valence-corrected chi connectivity index (χ0v) is 14.1. The highest BCUT2D eigenvalue weighted by Crippen LogP contribution is 2.35. The predicted molar refractivity (Wildman–Crippen MR) is 85.0 cm³/mol. The van der Waals surface area contributed by atoms with Gasteiger partial charge in [0.25, 0.3) is 0 Å². The highest BCUT2D eigenvalue weighted by Gasteiger charge is 2.49. The third kappa shape index (κ3) is 3.86. The summed E-state index contributed by atoms with van der Waals surface area (Å²) in [5, 5.41) is 0. The molecule has 3 saturated heterocycles. The summed E-state index contributed by atoms with van der Waals surface area (Å²) in [4.78, 5) is 27.7. The lowest BCUT2D eigenvalue weighted by molar-refractivity contribution is -0.202. The highest BCUT2D eigenvalue weighted by atomic mass is 16.5. The summed E-state index contributed by atoms with van der Waals surface area (Å²) in [6, 6.07) is 0. The third-order valence-corrected chi connectivity index (χ3v) is 5.12. The van der Waals surface area contributed by atoms with Crippen LogP contribution in [0.15, 0.2) is 0 Å². The Hall–Kier alpha value is -1.14. The lowest BCUT2D eigenvalue weighted by Gasteiger charge is -2.53. The second-order valence-corrected chi connectivity index (χ2v) is 7.04. The Balaban J connectivity index is 1.42. The van der Waals surface area contributed by atoms with Gasteiger partial charge >= 0.3 is 0 Å². The Morgan fingerprint density at radius 3 is 2.61 bits per heavy atom. The zero-order chi connectivity index (χ0) is 16.3. The van der Waals surface area contributed by atoms with Crippen LogP contribution >= 0.6 is 0 Å². The number of likely N-dealkylation sites (tertiary alicyclic amines) is 2. The molecule has 3 fully saturated rings. The minimum atomic E-state index is -0.233. The van der Waals surface area contributed by atoms with Crippen LogP contribution in [0.1, 0.15) is 45.4 Å². The van der Waals surface area contributed by atoms with E-state index in [9.17, 15) is 9.59 Å². The first-order valence-corrected chi connectivity index (χ1v) is 8.93. The van der Waals surface area contributed by atoms with Crippen molar-refractivity contribution < 1.29 is 19.1 Å². The van der Waals surface area contributed by atoms with Crippen LogP contribution in [0, 0.1) is 0 Å². The second kappa shape index (κ2) is 7.18. The molecule has 23 heavy (non-hydrogen) atoms. The van der Waals surface area contributed by atoms with E-state index in [0.717, 1.165) is 45.2 Å². The fraction of sp³-hybridized carbons (Fsp3) is 0.882. The van der Waals surface area contributed by atoms with Gasteiger partial charge < -0.3 is 19.3 Å². The number of hydrogen-bond donors (Lipinski definition) is 0. The first kappa shape index (κ1) is 16.7. The molecule has 1 spiro atoms. The van der Waals surface area contributed by atoms with Crippen LogP contribution in [-0.4, -0.2) is 72.7 Å². The minimum Gasteiger partial charge on any atom is -0.371 e. The van der Waals surface area contributed by atoms with Crippen molar-refractivity contribution in [3.63, 3.8) is 0 Å². The Labute approximate surface area is 138 Å². The number of carbonyl (C=O) groups is 2. The van der Waals surface area contributed by atoms with Gasteiger partial charge in [-0.25, -0.2) is 0 Å². The summed E-state index contributed by atoms with van der Waals surface area (Å²) in [5.74, 6) is 0.324. The summed E-state index contributed by atoms with van der Waals surface area (Å²) in [6.07, 6.45) is 5.39. The van der Waals surface area contributed by atoms with Gasteiger partial charge in [0.15, 0.2) is 0 Å². The molecule has 0 aromatic rings. The van der Waals surface area contributed by atoms with E-state index < -0.39 is 0 Å². The van der Waals surface area contributed by atoms with E-state index in [1.165, 1.54) is 0 Å². The molecule has 0 bridgehead atoms. The Kier molecular flexibility index (Phi) is 5.21. The number of nitrogens with zero attached hydrogens (tertiary/aromatic N) is 2. The summed E-state index contributed by atoms with van der Waals surface area (Å²) >= 11 is 0. The number of ether oxygens (including phenoxy) is 2. The summed E-state index contributed by atoms with van der Waals surface area (Å²) in [7, 11) is 0. The maximum Gasteiger partial charge on any atom is 0.248 e. The van der Waals surface area contributed by atoms with Gasteiger partial charge in [-0.1, -0.05) is 6.92 Å². The Morgan fingerprint density at radius 1 is 1.17 bits per heavy atom. The smallest absolute Gasteiger partial charge is 0.248 e. The maximum absolute atomic E-state index is 12.1. The molecule has 6 heteroatoms. The normalized spacial score (nSPS) is 26.4. The van der Waals surface area contributed by atoms with Gasteiger partial charge in [-0.2, -0.15) is 0 Å². The average Bonchev–Trinajstić information content (AvgIpc) is 3.05. The van der Waals surface area contributed by atoms with Crippen molar-refractivity contribution in [2.24, 2.45) is 0 Å². The predicted octanol–water partition coefficient (Wildman–Crippen LogP) is 1.19. The molecule has 130 valence electrons. The summed E-state index contributed by atoms with van der Waals surface area (Å²) in [6.45, 7) is 5.93. The summed E-state index contributed by atoms with van der Waals surface area (Å²) in [5.41, 5.74) is -0.233. The number of carbonyl (C=O) groups excluding carboxylic acids is 2. The molecular weight excluding hydrogens is 296 g/mol. The first-order valence-electron chi connectivity index (χ1n) is 8.93. The van der Waals surface area contributed by atoms with Crippen molar-refractivity contribution >= 4 is 11.8 Å². The van der Waals surface area contributed by atoms with E-state index in [1.54, 1.807) is 0 Å². The van der Waals surface area contributed by atoms with Crippen LogP contribution in [0.4, 0.5) is 0 Å². The highest BCUT2D eigenvalue weighted by molar-refractivity contribution is 5.78. The molecule has 0 radical (unpaired) electrons. The van der Waals surface area contributed by atoms with Gasteiger partial charge in [0, 0.05) is 32.5 Å². The zero-order valence-electron chi connectivity index (χ0n) is 14.1. The topological polar surface area (TPSA) is 59.1 Å². The molecule has 0 saturated carbocycles. The van der Waals surface area contributed by atoms with E-state index in [4.69, 9.17) is 9.47 Å². The molecule has 1 unspecified atom stereocenters. The molecule has 1 atom stereocenters. The molecule has 3 rings (SSSR count). The number of amides is 2. The molecule has 0 aromatic heterocycles. The third-order valence-electron chi connectivity index (χ3n) is 5.12.